The lowest BCUT2D eigenvalue weighted by molar-refractivity contribution is -0.150. The van der Waals surface area contributed by atoms with E-state index in [1.807, 2.05) is 17.2 Å². The molecule has 0 aliphatic carbocycles. The largest absolute Gasteiger partial charge is 0.490 e. The molecule has 6 unspecified atom stereocenters. The van der Waals surface area contributed by atoms with Crippen molar-refractivity contribution in [1.82, 2.24) is 9.55 Å². The third-order valence-corrected chi connectivity index (χ3v) is 12.4. The molecule has 2 aliphatic rings. The Labute approximate surface area is 264 Å². The second-order valence-corrected chi connectivity index (χ2v) is 16.1. The Morgan fingerprint density at radius 3 is 2.02 bits per heavy atom. The van der Waals surface area contributed by atoms with Crippen molar-refractivity contribution in [3.05, 3.63) is 99.3 Å². The Morgan fingerprint density at radius 2 is 1.36 bits per heavy atom. The van der Waals surface area contributed by atoms with Gasteiger partial charge in [-0.05, 0) is 17.7 Å². The molecule has 3 aromatic rings. The van der Waals surface area contributed by atoms with Gasteiger partial charge in [-0.15, -0.1) is 0 Å². The highest BCUT2D eigenvalue weighted by atomic mass is 31.3. The van der Waals surface area contributed by atoms with Gasteiger partial charge in [-0.1, -0.05) is 48.5 Å². The molecule has 9 atom stereocenters. The molecule has 0 amide bonds. The maximum absolute atomic E-state index is 12.6. The third kappa shape index (κ3) is 9.74. The van der Waals surface area contributed by atoms with Crippen LogP contribution >= 0.6 is 31.2 Å². The van der Waals surface area contributed by atoms with E-state index in [2.05, 4.69) is 17.9 Å². The number of nitrogens with zero attached hydrogens (tertiary/aromatic N) is 1. The first-order valence-corrected chi connectivity index (χ1v) is 19.3. The summed E-state index contributed by atoms with van der Waals surface area (Å²) in [4.78, 5) is 65.8. The van der Waals surface area contributed by atoms with E-state index in [1.54, 1.807) is 24.3 Å². The lowest BCUT2D eigenvalue weighted by atomic mass is 10.1. The summed E-state index contributed by atoms with van der Waals surface area (Å²) in [6.45, 7) is -0.898. The molecule has 6 N–H and O–H groups in total. The van der Waals surface area contributed by atoms with Crippen molar-refractivity contribution in [2.75, 3.05) is 11.7 Å². The summed E-state index contributed by atoms with van der Waals surface area (Å²) in [6, 6.07) is 17.1. The average molecular weight is 741 g/mol. The molecule has 5 rings (SSSR count). The van der Waals surface area contributed by atoms with E-state index in [-0.39, 0.29) is 12.1 Å². The van der Waals surface area contributed by atoms with Gasteiger partial charge in [-0.2, -0.15) is 12.9 Å². The van der Waals surface area contributed by atoms with E-state index in [4.69, 9.17) is 18.7 Å². The van der Waals surface area contributed by atoms with Crippen LogP contribution in [0.4, 0.5) is 5.69 Å². The number of ether oxygens (including phenoxy) is 3. The van der Waals surface area contributed by atoms with Crippen molar-refractivity contribution in [3.8, 4) is 0 Å². The van der Waals surface area contributed by atoms with Crippen molar-refractivity contribution in [1.29, 1.82) is 0 Å². The first-order chi connectivity index (χ1) is 22.0. The predicted octanol–water partition coefficient (Wildman–Crippen LogP) is 2.37. The number of fused-ring (bicyclic) bond motifs is 1. The zero-order valence-corrected chi connectivity index (χ0v) is 27.1. The minimum Gasteiger partial charge on any atom is -0.346 e. The SMILES string of the molecule is O=c1ccn([C@@H]2O[C@H](COP(=O)(O)OP(=O)(O)OP(=O)(O)OP(=O)(O)Nc3ccccc3)C3OC(Cc4ccccc4)O[C@@H]32)c(=O)[nH]1. The summed E-state index contributed by atoms with van der Waals surface area (Å²) in [6.07, 6.45) is -4.07. The Kier molecular flexibility index (Phi) is 10.7. The molecule has 47 heavy (non-hydrogen) atoms. The van der Waals surface area contributed by atoms with Crippen LogP contribution in [0.3, 0.4) is 0 Å². The Balaban J connectivity index is 1.24. The van der Waals surface area contributed by atoms with Crippen molar-refractivity contribution >= 4 is 36.9 Å². The third-order valence-electron chi connectivity index (χ3n) is 6.35. The number of rotatable bonds is 14. The van der Waals surface area contributed by atoms with Crippen LogP contribution < -0.4 is 16.3 Å². The molecular formula is C23H27N3O17P4. The summed E-state index contributed by atoms with van der Waals surface area (Å²) in [7, 11) is -22.8. The van der Waals surface area contributed by atoms with Gasteiger partial charge in [0.25, 0.3) is 5.56 Å². The number of phosphoric ester groups is 1. The maximum atomic E-state index is 12.6. The number of anilines is 1. The minimum absolute atomic E-state index is 0.0397. The van der Waals surface area contributed by atoms with Gasteiger partial charge in [0.2, 0.25) is 0 Å². The molecule has 0 spiro atoms. The molecule has 1 aromatic heterocycles. The van der Waals surface area contributed by atoms with Gasteiger partial charge < -0.3 is 33.8 Å². The number of hydrogen-bond donors (Lipinski definition) is 6. The van der Waals surface area contributed by atoms with Crippen LogP contribution in [0.15, 0.2) is 82.5 Å². The molecular weight excluding hydrogens is 714 g/mol. The molecule has 0 bridgehead atoms. The van der Waals surface area contributed by atoms with E-state index in [0.717, 1.165) is 22.4 Å². The van der Waals surface area contributed by atoms with Gasteiger partial charge in [0.05, 0.1) is 6.61 Å². The summed E-state index contributed by atoms with van der Waals surface area (Å²) in [5.74, 6) is 0. The van der Waals surface area contributed by atoms with Crippen LogP contribution in [0.1, 0.15) is 11.8 Å². The molecule has 24 heteroatoms. The van der Waals surface area contributed by atoms with Gasteiger partial charge in [0.1, 0.15) is 18.3 Å². The zero-order chi connectivity index (χ0) is 34.0. The van der Waals surface area contributed by atoms with Crippen LogP contribution in [0.5, 0.6) is 0 Å². The van der Waals surface area contributed by atoms with Crippen LogP contribution in [-0.2, 0) is 56.3 Å². The Bertz CT molecular complexity index is 1880. The van der Waals surface area contributed by atoms with E-state index < -0.39 is 79.9 Å². The summed E-state index contributed by atoms with van der Waals surface area (Å²) in [5, 5.41) is 1.88. The molecule has 2 fully saturated rings. The predicted molar refractivity (Wildman–Crippen MR) is 157 cm³/mol. The maximum Gasteiger partial charge on any atom is 0.490 e. The first kappa shape index (κ1) is 35.7. The number of aromatic nitrogens is 2. The number of para-hydroxylation sites is 1. The zero-order valence-electron chi connectivity index (χ0n) is 23.6. The van der Waals surface area contributed by atoms with E-state index in [0.29, 0.717) is 0 Å². The monoisotopic (exact) mass is 741 g/mol. The van der Waals surface area contributed by atoms with Crippen molar-refractivity contribution < 1.29 is 69.5 Å². The highest BCUT2D eigenvalue weighted by Crippen LogP contribution is 2.71. The van der Waals surface area contributed by atoms with Crippen molar-refractivity contribution in [3.63, 3.8) is 0 Å². The summed E-state index contributed by atoms with van der Waals surface area (Å²) < 4.78 is 84.8. The van der Waals surface area contributed by atoms with Gasteiger partial charge in [0.15, 0.2) is 12.5 Å². The van der Waals surface area contributed by atoms with Gasteiger partial charge >= 0.3 is 36.9 Å². The molecule has 256 valence electrons. The number of H-pyrrole nitrogens is 1. The smallest absolute Gasteiger partial charge is 0.346 e. The summed E-state index contributed by atoms with van der Waals surface area (Å²) >= 11 is 0. The number of phosphoric acid groups is 3. The van der Waals surface area contributed by atoms with Crippen LogP contribution in [0, 0.1) is 0 Å². The van der Waals surface area contributed by atoms with Crippen LogP contribution in [0.2, 0.25) is 0 Å². The quantitative estimate of drug-likeness (QED) is 0.129. The number of aromatic amines is 1. The first-order valence-electron chi connectivity index (χ1n) is 13.2. The lowest BCUT2D eigenvalue weighted by Gasteiger charge is -2.23. The fraction of sp³-hybridized carbons (Fsp3) is 0.304. The van der Waals surface area contributed by atoms with Gasteiger partial charge in [-0.3, -0.25) is 24.0 Å². The topological polar surface area (TPSA) is 281 Å². The van der Waals surface area contributed by atoms with E-state index >= 15 is 0 Å². The Morgan fingerprint density at radius 1 is 0.766 bits per heavy atom. The van der Waals surface area contributed by atoms with Crippen molar-refractivity contribution in [2.45, 2.75) is 37.3 Å². The Hall–Kier alpha value is -2.60. The second kappa shape index (κ2) is 14.1. The van der Waals surface area contributed by atoms with Gasteiger partial charge in [0, 0.05) is 24.4 Å². The number of hydrogen-bond acceptors (Lipinski definition) is 13. The van der Waals surface area contributed by atoms with Crippen LogP contribution in [-0.4, -0.2) is 60.3 Å². The van der Waals surface area contributed by atoms with E-state index in [9.17, 15) is 47.4 Å². The van der Waals surface area contributed by atoms with E-state index in [1.165, 1.54) is 24.3 Å². The fourth-order valence-electron chi connectivity index (χ4n) is 4.61. The molecule has 2 aliphatic heterocycles. The molecule has 2 saturated heterocycles. The number of nitrogens with one attached hydrogen (secondary N) is 2. The number of benzene rings is 2. The highest BCUT2D eigenvalue weighted by molar-refractivity contribution is 7.71. The highest BCUT2D eigenvalue weighted by Gasteiger charge is 2.54. The second-order valence-electron chi connectivity index (χ2n) is 9.85. The minimum atomic E-state index is -6.02. The normalized spacial score (nSPS) is 27.5. The molecule has 2 aromatic carbocycles. The molecule has 0 saturated carbocycles. The standard InChI is InChI=1S/C23H27N3O17P4/c27-18-11-12-26(23(28)24-18)22-21-20(39-19(40-21)13-15-7-3-1-4-8-15)17(38-22)14-37-45(31,32)42-47(35,36)43-46(33,34)41-44(29,30)25-16-9-5-2-6-10-16/h1-12,17,19-22H,13-14H2,(H,31,32)(H,33,34)(H,35,36)(H,24,27,28)(H2,25,29,30)/t17-,19?,20?,21+,22-/m1/s1. The lowest BCUT2D eigenvalue weighted by Crippen LogP contribution is -2.36. The van der Waals surface area contributed by atoms with Crippen molar-refractivity contribution in [2.24, 2.45) is 0 Å². The average Bonchev–Trinajstić information content (AvgIpc) is 3.50. The van der Waals surface area contributed by atoms with Gasteiger partial charge in [-0.25, -0.2) is 23.1 Å². The molecule has 20 nitrogen and oxygen atoms in total. The molecule has 3 heterocycles. The fourth-order valence-corrected chi connectivity index (χ4v) is 9.75. The molecule has 0 radical (unpaired) electrons. The summed E-state index contributed by atoms with van der Waals surface area (Å²) in [5.41, 5.74) is -0.765. The van der Waals surface area contributed by atoms with Crippen LogP contribution in [0.25, 0.3) is 0 Å².